The van der Waals surface area contributed by atoms with E-state index in [1.807, 2.05) is 0 Å². The molecule has 0 radical (unpaired) electrons. The minimum atomic E-state index is -2.66. The molecule has 3 N–H and O–H groups in total. The minimum Gasteiger partial charge on any atom is -0.508 e. The van der Waals surface area contributed by atoms with E-state index in [0.717, 1.165) is 18.5 Å². The normalized spacial score (nSPS) is 18.5. The van der Waals surface area contributed by atoms with Gasteiger partial charge in [0, 0.05) is 17.0 Å². The predicted octanol–water partition coefficient (Wildman–Crippen LogP) is 5.91. The second-order valence-corrected chi connectivity index (χ2v) is 13.7. The Labute approximate surface area is 217 Å². The molecule has 1 atom stereocenters. The van der Waals surface area contributed by atoms with Crippen molar-refractivity contribution in [2.45, 2.75) is 44.6 Å². The zero-order valence-electron chi connectivity index (χ0n) is 20.8. The number of nitrogens with zero attached hydrogens (tertiary/aromatic N) is 3. The second kappa shape index (κ2) is 10.4. The zero-order chi connectivity index (χ0) is 25.3. The molecule has 2 aromatic carbocycles. The molecule has 190 valence electrons. The SMILES string of the molecule is CP(C)(=O)c1cc(O)ccc1Nc1nc(Nc2ccc3c(c2)CC[C@@H](N2CCCC2)CC3)ncc1Cl. The molecular weight excluding hydrogens is 493 g/mol. The van der Waals surface area contributed by atoms with Crippen LogP contribution in [0.25, 0.3) is 0 Å². The summed E-state index contributed by atoms with van der Waals surface area (Å²) in [6, 6.07) is 12.0. The molecule has 5 rings (SSSR count). The molecule has 2 aliphatic rings. The van der Waals surface area contributed by atoms with Crippen LogP contribution in [0.2, 0.25) is 5.02 Å². The Morgan fingerprint density at radius 3 is 2.53 bits per heavy atom. The van der Waals surface area contributed by atoms with Gasteiger partial charge in [0.05, 0.1) is 11.9 Å². The third-order valence-corrected chi connectivity index (χ3v) is 8.98. The van der Waals surface area contributed by atoms with Gasteiger partial charge in [-0.1, -0.05) is 17.7 Å². The summed E-state index contributed by atoms with van der Waals surface area (Å²) in [5.74, 6) is 0.880. The molecule has 9 heteroatoms. The van der Waals surface area contributed by atoms with Crippen molar-refractivity contribution >= 4 is 47.2 Å². The van der Waals surface area contributed by atoms with E-state index in [2.05, 4.69) is 43.7 Å². The molecule has 1 aromatic heterocycles. The lowest BCUT2D eigenvalue weighted by atomic mass is 10.0. The van der Waals surface area contributed by atoms with E-state index in [1.54, 1.807) is 31.7 Å². The van der Waals surface area contributed by atoms with Gasteiger partial charge in [-0.15, -0.1) is 0 Å². The van der Waals surface area contributed by atoms with Crippen molar-refractivity contribution < 1.29 is 9.67 Å². The molecule has 2 heterocycles. The highest BCUT2D eigenvalue weighted by Gasteiger charge is 2.24. The van der Waals surface area contributed by atoms with E-state index in [0.29, 0.717) is 33.8 Å². The molecule has 1 aliphatic heterocycles. The average molecular weight is 526 g/mol. The molecule has 0 unspecified atom stereocenters. The molecule has 1 saturated heterocycles. The second-order valence-electron chi connectivity index (χ2n) is 10.2. The Morgan fingerprint density at radius 1 is 1.03 bits per heavy atom. The fourth-order valence-electron chi connectivity index (χ4n) is 5.28. The van der Waals surface area contributed by atoms with Gasteiger partial charge in [0.2, 0.25) is 5.95 Å². The van der Waals surface area contributed by atoms with E-state index in [9.17, 15) is 9.67 Å². The molecule has 7 nitrogen and oxygen atoms in total. The van der Waals surface area contributed by atoms with Crippen LogP contribution in [-0.4, -0.2) is 52.4 Å². The molecule has 0 spiro atoms. The largest absolute Gasteiger partial charge is 0.508 e. The predicted molar refractivity (Wildman–Crippen MR) is 148 cm³/mol. The molecule has 36 heavy (non-hydrogen) atoms. The average Bonchev–Trinajstić information content (AvgIpc) is 3.29. The summed E-state index contributed by atoms with van der Waals surface area (Å²) in [4.78, 5) is 11.6. The van der Waals surface area contributed by atoms with Crippen LogP contribution in [0.1, 0.15) is 36.8 Å². The van der Waals surface area contributed by atoms with Gasteiger partial charge in [-0.2, -0.15) is 4.98 Å². The topological polar surface area (TPSA) is 90.4 Å². The number of benzene rings is 2. The number of fused-ring (bicyclic) bond motifs is 1. The third kappa shape index (κ3) is 5.69. The summed E-state index contributed by atoms with van der Waals surface area (Å²) in [5.41, 5.74) is 4.36. The number of hydrogen-bond acceptors (Lipinski definition) is 7. The first-order valence-electron chi connectivity index (χ1n) is 12.6. The Balaban J connectivity index is 1.33. The number of likely N-dealkylation sites (tertiary alicyclic amines) is 1. The van der Waals surface area contributed by atoms with Crippen LogP contribution in [0, 0.1) is 0 Å². The van der Waals surface area contributed by atoms with E-state index in [4.69, 9.17) is 11.6 Å². The van der Waals surface area contributed by atoms with Crippen LogP contribution in [-0.2, 0) is 17.4 Å². The molecular formula is C27H33ClN5O2P. The number of phenols is 1. The fraction of sp³-hybridized carbons (Fsp3) is 0.407. The lowest BCUT2D eigenvalue weighted by Crippen LogP contribution is -2.32. The van der Waals surface area contributed by atoms with Crippen LogP contribution in [0.4, 0.5) is 23.1 Å². The number of phenolic OH excluding ortho intramolecular Hbond substituents is 1. The van der Waals surface area contributed by atoms with Gasteiger partial charge in [-0.3, -0.25) is 0 Å². The van der Waals surface area contributed by atoms with Crippen LogP contribution in [0.5, 0.6) is 5.75 Å². The van der Waals surface area contributed by atoms with Crippen molar-refractivity contribution in [3.63, 3.8) is 0 Å². The van der Waals surface area contributed by atoms with E-state index < -0.39 is 7.14 Å². The van der Waals surface area contributed by atoms with Crippen LogP contribution in [0.15, 0.2) is 42.6 Å². The highest BCUT2D eigenvalue weighted by Crippen LogP contribution is 2.40. The standard InChI is InChI=1S/C27H33ClN5O2P/c1-36(2,35)25-16-22(34)11-12-24(25)31-26-23(28)17-29-27(32-26)30-20-8-5-18-6-9-21(10-7-19(18)15-20)33-13-3-4-14-33/h5,8,11-12,15-17,21,34H,3-4,6-7,9-10,13-14H2,1-2H3,(H2,29,30,31,32)/t21-/m0/s1. The zero-order valence-corrected chi connectivity index (χ0v) is 22.4. The van der Waals surface area contributed by atoms with Gasteiger partial charge in [0.1, 0.15) is 17.9 Å². The summed E-state index contributed by atoms with van der Waals surface area (Å²) in [7, 11) is -2.66. The van der Waals surface area contributed by atoms with Crippen LogP contribution < -0.4 is 15.9 Å². The molecule has 3 aromatic rings. The number of hydrogen-bond donors (Lipinski definition) is 3. The van der Waals surface area contributed by atoms with Gasteiger partial charge >= 0.3 is 0 Å². The maximum Gasteiger partial charge on any atom is 0.229 e. The summed E-state index contributed by atoms with van der Waals surface area (Å²) >= 11 is 6.39. The number of aromatic hydroxyl groups is 1. The van der Waals surface area contributed by atoms with E-state index in [-0.39, 0.29) is 5.75 Å². The van der Waals surface area contributed by atoms with Gasteiger partial charge in [-0.05, 0) is 106 Å². The minimum absolute atomic E-state index is 0.0607. The summed E-state index contributed by atoms with van der Waals surface area (Å²) in [6.45, 7) is 5.82. The Morgan fingerprint density at radius 2 is 1.78 bits per heavy atom. The molecule has 1 fully saturated rings. The highest BCUT2D eigenvalue weighted by atomic mass is 35.5. The maximum absolute atomic E-state index is 12.8. The molecule has 1 aliphatic carbocycles. The highest BCUT2D eigenvalue weighted by molar-refractivity contribution is 7.70. The smallest absolute Gasteiger partial charge is 0.229 e. The number of nitrogens with one attached hydrogen (secondary N) is 2. The number of halogens is 1. The number of anilines is 4. The third-order valence-electron chi connectivity index (χ3n) is 7.17. The van der Waals surface area contributed by atoms with Crippen LogP contribution >= 0.6 is 18.7 Å². The molecule has 0 amide bonds. The monoisotopic (exact) mass is 525 g/mol. The number of aryl methyl sites for hydroxylation is 2. The van der Waals surface area contributed by atoms with Gasteiger partial charge < -0.3 is 25.2 Å². The van der Waals surface area contributed by atoms with Crippen LogP contribution in [0.3, 0.4) is 0 Å². The lowest BCUT2D eigenvalue weighted by molar-refractivity contribution is 0.222. The number of aromatic nitrogens is 2. The van der Waals surface area contributed by atoms with E-state index >= 15 is 0 Å². The Kier molecular flexibility index (Phi) is 7.25. The summed E-state index contributed by atoms with van der Waals surface area (Å²) in [5, 5.41) is 17.3. The maximum atomic E-state index is 12.8. The van der Waals surface area contributed by atoms with Crippen molar-refractivity contribution in [1.29, 1.82) is 0 Å². The van der Waals surface area contributed by atoms with Crippen molar-refractivity contribution in [2.24, 2.45) is 0 Å². The number of rotatable bonds is 6. The summed E-state index contributed by atoms with van der Waals surface area (Å²) in [6.07, 6.45) is 8.85. The lowest BCUT2D eigenvalue weighted by Gasteiger charge is -2.25. The van der Waals surface area contributed by atoms with E-state index in [1.165, 1.54) is 56.0 Å². The Hall–Kier alpha value is -2.60. The first-order valence-corrected chi connectivity index (χ1v) is 15.6. The van der Waals surface area contributed by atoms with Gasteiger partial charge in [0.15, 0.2) is 5.82 Å². The fourth-order valence-corrected chi connectivity index (χ4v) is 6.58. The molecule has 0 saturated carbocycles. The first kappa shape index (κ1) is 25.1. The Bertz CT molecular complexity index is 1310. The van der Waals surface area contributed by atoms with Crippen molar-refractivity contribution in [3.05, 3.63) is 58.7 Å². The van der Waals surface area contributed by atoms with Crippen molar-refractivity contribution in [1.82, 2.24) is 14.9 Å². The van der Waals surface area contributed by atoms with Crippen molar-refractivity contribution in [2.75, 3.05) is 37.1 Å². The summed E-state index contributed by atoms with van der Waals surface area (Å²) < 4.78 is 12.8. The first-order chi connectivity index (χ1) is 17.3. The van der Waals surface area contributed by atoms with Gasteiger partial charge in [-0.25, -0.2) is 4.98 Å². The van der Waals surface area contributed by atoms with Crippen molar-refractivity contribution in [3.8, 4) is 5.75 Å². The quantitative estimate of drug-likeness (QED) is 0.209. The molecule has 0 bridgehead atoms. The van der Waals surface area contributed by atoms with Gasteiger partial charge in [0.25, 0.3) is 0 Å².